The number of anilines is 1. The lowest BCUT2D eigenvalue weighted by atomic mass is 9.95. The van der Waals surface area contributed by atoms with Gasteiger partial charge in [0.2, 0.25) is 5.91 Å². The summed E-state index contributed by atoms with van der Waals surface area (Å²) in [5.41, 5.74) is -0.915. The minimum absolute atomic E-state index is 0.0948. The van der Waals surface area contributed by atoms with Crippen LogP contribution in [0.2, 0.25) is 5.02 Å². The third-order valence-corrected chi connectivity index (χ3v) is 4.32. The number of aromatic nitrogens is 1. The van der Waals surface area contributed by atoms with Gasteiger partial charge in [0.25, 0.3) is 0 Å². The van der Waals surface area contributed by atoms with Gasteiger partial charge in [-0.3, -0.25) is 9.59 Å². The number of hydrogen-bond donors (Lipinski definition) is 1. The molecule has 2 rings (SSSR count). The molecule has 1 N–H and O–H groups in total. The molecule has 1 saturated heterocycles. The van der Waals surface area contributed by atoms with Crippen LogP contribution in [-0.2, 0) is 15.8 Å². The smallest absolute Gasteiger partial charge is 0.417 e. The molecule has 0 unspecified atom stereocenters. The number of hydrogen-bond acceptors (Lipinski definition) is 4. The van der Waals surface area contributed by atoms with E-state index in [9.17, 15) is 22.8 Å². The van der Waals surface area contributed by atoms with Crippen molar-refractivity contribution in [1.82, 2.24) is 9.88 Å². The van der Waals surface area contributed by atoms with Gasteiger partial charge in [0.15, 0.2) is 0 Å². The van der Waals surface area contributed by atoms with E-state index in [-0.39, 0.29) is 29.2 Å². The van der Waals surface area contributed by atoms with Crippen LogP contribution in [0.15, 0.2) is 12.3 Å². The van der Waals surface area contributed by atoms with E-state index in [1.807, 2.05) is 0 Å². The first-order chi connectivity index (χ1) is 11.6. The van der Waals surface area contributed by atoms with E-state index in [0.717, 1.165) is 17.2 Å². The van der Waals surface area contributed by atoms with Crippen LogP contribution in [0.25, 0.3) is 0 Å². The molecule has 2 heterocycles. The van der Waals surface area contributed by atoms with Crippen molar-refractivity contribution in [2.24, 2.45) is 5.92 Å². The van der Waals surface area contributed by atoms with Crippen molar-refractivity contribution in [1.29, 1.82) is 0 Å². The van der Waals surface area contributed by atoms with Crippen LogP contribution < -0.4 is 4.90 Å². The summed E-state index contributed by atoms with van der Waals surface area (Å²) in [6.45, 7) is 0.427. The number of carboxylic acid groups (broad SMARTS) is 1. The molecule has 1 aromatic rings. The van der Waals surface area contributed by atoms with Gasteiger partial charge in [-0.2, -0.15) is 13.2 Å². The van der Waals surface area contributed by atoms with Gasteiger partial charge in [0.1, 0.15) is 12.4 Å². The second-order valence-electron chi connectivity index (χ2n) is 5.88. The number of rotatable bonds is 4. The van der Waals surface area contributed by atoms with Crippen molar-refractivity contribution in [3.8, 4) is 0 Å². The molecule has 0 saturated carbocycles. The minimum atomic E-state index is -4.51. The third-order valence-electron chi connectivity index (χ3n) is 4.04. The summed E-state index contributed by atoms with van der Waals surface area (Å²) in [4.78, 5) is 29.5. The van der Waals surface area contributed by atoms with E-state index in [4.69, 9.17) is 16.7 Å². The van der Waals surface area contributed by atoms with Crippen LogP contribution in [0.1, 0.15) is 18.4 Å². The maximum Gasteiger partial charge on any atom is 0.417 e. The van der Waals surface area contributed by atoms with Crippen LogP contribution in [0.3, 0.4) is 0 Å². The normalized spacial score (nSPS) is 16.0. The first kappa shape index (κ1) is 19.3. The van der Waals surface area contributed by atoms with Crippen molar-refractivity contribution in [3.63, 3.8) is 0 Å². The lowest BCUT2D eigenvalue weighted by molar-refractivity contribution is -0.145. The van der Waals surface area contributed by atoms with Crippen LogP contribution in [0.5, 0.6) is 0 Å². The van der Waals surface area contributed by atoms with Gasteiger partial charge in [-0.05, 0) is 18.9 Å². The van der Waals surface area contributed by atoms with E-state index in [2.05, 4.69) is 4.98 Å². The Bertz CT molecular complexity index is 661. The van der Waals surface area contributed by atoms with Gasteiger partial charge in [0, 0.05) is 32.3 Å². The highest BCUT2D eigenvalue weighted by Crippen LogP contribution is 2.34. The topological polar surface area (TPSA) is 73.7 Å². The number of alkyl halides is 3. The molecule has 138 valence electrons. The Morgan fingerprint density at radius 3 is 2.48 bits per heavy atom. The Kier molecular flexibility index (Phi) is 5.76. The fourth-order valence-electron chi connectivity index (χ4n) is 2.75. The van der Waals surface area contributed by atoms with E-state index in [1.165, 1.54) is 7.05 Å². The van der Waals surface area contributed by atoms with Crippen LogP contribution in [-0.4, -0.2) is 53.5 Å². The average molecular weight is 380 g/mol. The second kappa shape index (κ2) is 7.47. The zero-order valence-electron chi connectivity index (χ0n) is 13.4. The maximum atomic E-state index is 12.7. The molecule has 0 atom stereocenters. The zero-order valence-corrected chi connectivity index (χ0v) is 14.1. The molecule has 0 aliphatic carbocycles. The molecule has 0 aromatic carbocycles. The summed E-state index contributed by atoms with van der Waals surface area (Å²) in [7, 11) is 1.43. The van der Waals surface area contributed by atoms with Crippen molar-refractivity contribution >= 4 is 29.3 Å². The molecule has 10 heteroatoms. The molecule has 1 aliphatic heterocycles. The SMILES string of the molecule is CN(CC(=O)O)C(=O)C1CCN(c2ncc(C(F)(F)F)cc2Cl)CC1. The summed E-state index contributed by atoms with van der Waals surface area (Å²) < 4.78 is 38.0. The molecule has 0 radical (unpaired) electrons. The van der Waals surface area contributed by atoms with E-state index < -0.39 is 17.7 Å². The number of carbonyl (C=O) groups excluding carboxylic acids is 1. The van der Waals surface area contributed by atoms with Gasteiger partial charge in [-0.1, -0.05) is 11.6 Å². The Balaban J connectivity index is 2.00. The predicted octanol–water partition coefficient (Wildman–Crippen LogP) is 2.51. The fraction of sp³-hybridized carbons (Fsp3) is 0.533. The lowest BCUT2D eigenvalue weighted by Crippen LogP contribution is -2.43. The van der Waals surface area contributed by atoms with E-state index in [1.54, 1.807) is 4.90 Å². The summed E-state index contributed by atoms with van der Waals surface area (Å²) in [6, 6.07) is 0.835. The van der Waals surface area contributed by atoms with Gasteiger partial charge >= 0.3 is 12.1 Å². The Hall–Kier alpha value is -2.03. The predicted molar refractivity (Wildman–Crippen MR) is 84.5 cm³/mol. The molecule has 1 aliphatic rings. The quantitative estimate of drug-likeness (QED) is 0.870. The van der Waals surface area contributed by atoms with Crippen molar-refractivity contribution < 1.29 is 27.9 Å². The fourth-order valence-corrected chi connectivity index (χ4v) is 3.04. The molecular formula is C15H17ClF3N3O3. The molecule has 6 nitrogen and oxygen atoms in total. The van der Waals surface area contributed by atoms with Gasteiger partial charge in [0.05, 0.1) is 10.6 Å². The number of pyridine rings is 1. The summed E-state index contributed by atoms with van der Waals surface area (Å²) >= 11 is 5.93. The second-order valence-corrected chi connectivity index (χ2v) is 6.28. The molecule has 25 heavy (non-hydrogen) atoms. The lowest BCUT2D eigenvalue weighted by Gasteiger charge is -2.34. The zero-order chi connectivity index (χ0) is 18.8. The number of halogens is 4. The molecule has 0 spiro atoms. The van der Waals surface area contributed by atoms with Crippen molar-refractivity contribution in [2.75, 3.05) is 31.6 Å². The largest absolute Gasteiger partial charge is 0.480 e. The Morgan fingerprint density at radius 1 is 1.40 bits per heavy atom. The number of amides is 1. The molecular weight excluding hydrogens is 363 g/mol. The minimum Gasteiger partial charge on any atom is -0.480 e. The molecule has 1 aromatic heterocycles. The third kappa shape index (κ3) is 4.75. The van der Waals surface area contributed by atoms with Crippen LogP contribution >= 0.6 is 11.6 Å². The van der Waals surface area contributed by atoms with Crippen molar-refractivity contribution in [3.05, 3.63) is 22.8 Å². The summed E-state index contributed by atoms with van der Waals surface area (Å²) in [5.74, 6) is -1.42. The molecule has 1 amide bonds. The van der Waals surface area contributed by atoms with E-state index >= 15 is 0 Å². The monoisotopic (exact) mass is 379 g/mol. The first-order valence-electron chi connectivity index (χ1n) is 7.54. The number of piperidine rings is 1. The Labute approximate surface area is 147 Å². The van der Waals surface area contributed by atoms with Crippen molar-refractivity contribution in [2.45, 2.75) is 19.0 Å². The standard InChI is InChI=1S/C15H17ClF3N3O3/c1-21(8-12(23)24)14(25)9-2-4-22(5-3-9)13-11(16)6-10(7-20-13)15(17,18)19/h6-7,9H,2-5,8H2,1H3,(H,23,24). The summed E-state index contributed by atoms with van der Waals surface area (Å²) in [6.07, 6.45) is -2.88. The first-order valence-corrected chi connectivity index (χ1v) is 7.92. The number of carbonyl (C=O) groups is 2. The van der Waals surface area contributed by atoms with Gasteiger partial charge in [-0.15, -0.1) is 0 Å². The molecule has 0 bridgehead atoms. The van der Waals surface area contributed by atoms with Crippen LogP contribution in [0, 0.1) is 5.92 Å². The highest BCUT2D eigenvalue weighted by atomic mass is 35.5. The average Bonchev–Trinajstić information content (AvgIpc) is 2.53. The maximum absolute atomic E-state index is 12.7. The number of carboxylic acids is 1. The summed E-state index contributed by atoms with van der Waals surface area (Å²) in [5, 5.41) is 8.63. The highest BCUT2D eigenvalue weighted by Gasteiger charge is 2.33. The Morgan fingerprint density at radius 2 is 2.00 bits per heavy atom. The number of likely N-dealkylation sites (N-methyl/N-ethyl adjacent to an activating group) is 1. The van der Waals surface area contributed by atoms with Crippen LogP contribution in [0.4, 0.5) is 19.0 Å². The van der Waals surface area contributed by atoms with Gasteiger partial charge < -0.3 is 14.9 Å². The highest BCUT2D eigenvalue weighted by molar-refractivity contribution is 6.33. The number of nitrogens with zero attached hydrogens (tertiary/aromatic N) is 3. The van der Waals surface area contributed by atoms with E-state index in [0.29, 0.717) is 25.9 Å². The van der Waals surface area contributed by atoms with Gasteiger partial charge in [-0.25, -0.2) is 4.98 Å². The molecule has 1 fully saturated rings. The number of aliphatic carboxylic acids is 1.